The summed E-state index contributed by atoms with van der Waals surface area (Å²) in [5.41, 5.74) is 2.90. The summed E-state index contributed by atoms with van der Waals surface area (Å²) >= 11 is 6.28. The molecule has 1 aliphatic carbocycles. The van der Waals surface area contributed by atoms with E-state index in [-0.39, 0.29) is 17.7 Å². The number of nitrogens with one attached hydrogen (secondary N) is 1. The normalized spacial score (nSPS) is 20.9. The topological polar surface area (TPSA) is 49.4 Å². The first kappa shape index (κ1) is 16.3. The van der Waals surface area contributed by atoms with Gasteiger partial charge in [-0.3, -0.25) is 9.59 Å². The third-order valence-electron chi connectivity index (χ3n) is 4.84. The van der Waals surface area contributed by atoms with Crippen LogP contribution in [-0.4, -0.2) is 29.3 Å². The summed E-state index contributed by atoms with van der Waals surface area (Å²) < 4.78 is 0. The SMILES string of the molecule is CCc1ccc(Cl)c(CC)c1NC(=O)[C@H]1CC(=O)N(C2CC2)C1. The van der Waals surface area contributed by atoms with Gasteiger partial charge in [-0.05, 0) is 42.9 Å². The van der Waals surface area contributed by atoms with Crippen molar-refractivity contribution < 1.29 is 9.59 Å². The quantitative estimate of drug-likeness (QED) is 0.897. The highest BCUT2D eigenvalue weighted by atomic mass is 35.5. The second-order valence-electron chi connectivity index (χ2n) is 6.43. The average molecular weight is 335 g/mol. The number of anilines is 1. The van der Waals surface area contributed by atoms with Crippen molar-refractivity contribution in [3.8, 4) is 0 Å². The van der Waals surface area contributed by atoms with Gasteiger partial charge in [0.15, 0.2) is 0 Å². The Morgan fingerprint density at radius 1 is 1.30 bits per heavy atom. The molecule has 0 aromatic heterocycles. The first-order chi connectivity index (χ1) is 11.0. The summed E-state index contributed by atoms with van der Waals surface area (Å²) in [5, 5.41) is 3.74. The summed E-state index contributed by atoms with van der Waals surface area (Å²) in [6.45, 7) is 4.65. The van der Waals surface area contributed by atoms with Gasteiger partial charge in [-0.25, -0.2) is 0 Å². The molecule has 0 unspecified atom stereocenters. The Morgan fingerprint density at radius 2 is 2.04 bits per heavy atom. The smallest absolute Gasteiger partial charge is 0.229 e. The van der Waals surface area contributed by atoms with Gasteiger partial charge in [0.05, 0.1) is 5.92 Å². The van der Waals surface area contributed by atoms with Crippen LogP contribution in [0.25, 0.3) is 0 Å². The van der Waals surface area contributed by atoms with E-state index in [0.717, 1.165) is 42.5 Å². The van der Waals surface area contributed by atoms with E-state index in [1.54, 1.807) is 0 Å². The number of amides is 2. The first-order valence-electron chi connectivity index (χ1n) is 8.45. The summed E-state index contributed by atoms with van der Waals surface area (Å²) in [6.07, 6.45) is 4.08. The van der Waals surface area contributed by atoms with Crippen LogP contribution in [0.4, 0.5) is 5.69 Å². The minimum absolute atomic E-state index is 0.0619. The zero-order valence-corrected chi connectivity index (χ0v) is 14.4. The maximum absolute atomic E-state index is 12.7. The molecule has 3 rings (SSSR count). The predicted octanol–water partition coefficient (Wildman–Crippen LogP) is 3.41. The van der Waals surface area contributed by atoms with Crippen LogP contribution in [0.2, 0.25) is 5.02 Å². The van der Waals surface area contributed by atoms with Crippen LogP contribution in [0.1, 0.15) is 44.2 Å². The van der Waals surface area contributed by atoms with Crippen LogP contribution in [0.15, 0.2) is 12.1 Å². The van der Waals surface area contributed by atoms with E-state index in [9.17, 15) is 9.59 Å². The highest BCUT2D eigenvalue weighted by Crippen LogP contribution is 2.34. The third kappa shape index (κ3) is 3.23. The molecule has 1 saturated heterocycles. The number of aryl methyl sites for hydroxylation is 1. The van der Waals surface area contributed by atoms with Gasteiger partial charge in [0, 0.05) is 29.7 Å². The number of rotatable bonds is 5. The lowest BCUT2D eigenvalue weighted by molar-refractivity contribution is -0.128. The number of halogens is 1. The second-order valence-corrected chi connectivity index (χ2v) is 6.84. The fourth-order valence-corrected chi connectivity index (χ4v) is 3.63. The molecule has 0 radical (unpaired) electrons. The van der Waals surface area contributed by atoms with E-state index in [2.05, 4.69) is 12.2 Å². The lowest BCUT2D eigenvalue weighted by Gasteiger charge is -2.18. The molecule has 1 heterocycles. The van der Waals surface area contributed by atoms with Crippen molar-refractivity contribution in [2.24, 2.45) is 5.92 Å². The van der Waals surface area contributed by atoms with Gasteiger partial charge in [0.25, 0.3) is 0 Å². The van der Waals surface area contributed by atoms with E-state index in [4.69, 9.17) is 11.6 Å². The van der Waals surface area contributed by atoms with Crippen molar-refractivity contribution >= 4 is 29.1 Å². The molecule has 5 heteroatoms. The maximum Gasteiger partial charge on any atom is 0.229 e. The number of likely N-dealkylation sites (tertiary alicyclic amines) is 1. The van der Waals surface area contributed by atoms with E-state index in [1.165, 1.54) is 0 Å². The lowest BCUT2D eigenvalue weighted by Crippen LogP contribution is -2.30. The summed E-state index contributed by atoms with van der Waals surface area (Å²) in [4.78, 5) is 26.6. The van der Waals surface area contributed by atoms with Crippen LogP contribution in [0, 0.1) is 5.92 Å². The van der Waals surface area contributed by atoms with Gasteiger partial charge in [0.1, 0.15) is 0 Å². The van der Waals surface area contributed by atoms with Crippen molar-refractivity contribution in [2.45, 2.75) is 52.0 Å². The van der Waals surface area contributed by atoms with Gasteiger partial charge in [0.2, 0.25) is 11.8 Å². The summed E-state index contributed by atoms with van der Waals surface area (Å²) in [5.74, 6) is -0.199. The Hall–Kier alpha value is -1.55. The van der Waals surface area contributed by atoms with E-state index in [0.29, 0.717) is 24.0 Å². The zero-order chi connectivity index (χ0) is 16.6. The van der Waals surface area contributed by atoms with Crippen LogP contribution < -0.4 is 5.32 Å². The Morgan fingerprint density at radius 3 is 2.65 bits per heavy atom. The van der Waals surface area contributed by atoms with Crippen molar-refractivity contribution in [1.29, 1.82) is 0 Å². The number of benzene rings is 1. The molecule has 23 heavy (non-hydrogen) atoms. The molecule has 2 fully saturated rings. The van der Waals surface area contributed by atoms with Crippen LogP contribution >= 0.6 is 11.6 Å². The molecular formula is C18H23ClN2O2. The van der Waals surface area contributed by atoms with Crippen LogP contribution in [0.5, 0.6) is 0 Å². The fourth-order valence-electron chi connectivity index (χ4n) is 3.34. The number of carbonyl (C=O) groups excluding carboxylic acids is 2. The van der Waals surface area contributed by atoms with E-state index in [1.807, 2.05) is 24.0 Å². The molecular weight excluding hydrogens is 312 g/mol. The lowest BCUT2D eigenvalue weighted by atomic mass is 10.0. The molecule has 1 aromatic rings. The summed E-state index contributed by atoms with van der Waals surface area (Å²) in [7, 11) is 0. The molecule has 0 bridgehead atoms. The van der Waals surface area contributed by atoms with Gasteiger partial charge < -0.3 is 10.2 Å². The molecule has 4 nitrogen and oxygen atoms in total. The Labute approximate surface area is 142 Å². The molecule has 1 saturated carbocycles. The number of carbonyl (C=O) groups is 2. The third-order valence-corrected chi connectivity index (χ3v) is 5.20. The van der Waals surface area contributed by atoms with Crippen molar-refractivity contribution in [1.82, 2.24) is 4.90 Å². The maximum atomic E-state index is 12.7. The molecule has 1 aliphatic heterocycles. The van der Waals surface area contributed by atoms with Crippen LogP contribution in [-0.2, 0) is 22.4 Å². The van der Waals surface area contributed by atoms with E-state index >= 15 is 0 Å². The van der Waals surface area contributed by atoms with Crippen molar-refractivity contribution in [2.75, 3.05) is 11.9 Å². The van der Waals surface area contributed by atoms with Gasteiger partial charge >= 0.3 is 0 Å². The number of nitrogens with zero attached hydrogens (tertiary/aromatic N) is 1. The fraction of sp³-hybridized carbons (Fsp3) is 0.556. The molecule has 1 aromatic carbocycles. The minimum atomic E-state index is -0.253. The zero-order valence-electron chi connectivity index (χ0n) is 13.7. The largest absolute Gasteiger partial charge is 0.339 e. The first-order valence-corrected chi connectivity index (χ1v) is 8.83. The van der Waals surface area contributed by atoms with Gasteiger partial charge in [-0.2, -0.15) is 0 Å². The molecule has 124 valence electrons. The predicted molar refractivity (Wildman–Crippen MR) is 91.7 cm³/mol. The van der Waals surface area contributed by atoms with Crippen molar-refractivity contribution in [3.63, 3.8) is 0 Å². The average Bonchev–Trinajstić information content (AvgIpc) is 3.30. The van der Waals surface area contributed by atoms with Crippen LogP contribution in [0.3, 0.4) is 0 Å². The molecule has 1 N–H and O–H groups in total. The number of hydrogen-bond donors (Lipinski definition) is 1. The highest BCUT2D eigenvalue weighted by molar-refractivity contribution is 6.32. The molecule has 1 atom stereocenters. The molecule has 0 spiro atoms. The van der Waals surface area contributed by atoms with Crippen molar-refractivity contribution in [3.05, 3.63) is 28.3 Å². The Kier molecular flexibility index (Phi) is 4.62. The van der Waals surface area contributed by atoms with Gasteiger partial charge in [-0.15, -0.1) is 0 Å². The second kappa shape index (κ2) is 6.52. The number of hydrogen-bond acceptors (Lipinski definition) is 2. The standard InChI is InChI=1S/C18H23ClN2O2/c1-3-11-5-8-15(19)14(4-2)17(11)20-18(23)12-9-16(22)21(10-12)13-6-7-13/h5,8,12-13H,3-4,6-7,9-10H2,1-2H3,(H,20,23)/t12-/m0/s1. The molecule has 2 aliphatic rings. The minimum Gasteiger partial charge on any atom is -0.339 e. The summed E-state index contributed by atoms with van der Waals surface area (Å²) in [6, 6.07) is 4.24. The highest BCUT2D eigenvalue weighted by Gasteiger charge is 2.41. The van der Waals surface area contributed by atoms with E-state index < -0.39 is 0 Å². The Bertz CT molecular complexity index is 640. The van der Waals surface area contributed by atoms with Gasteiger partial charge in [-0.1, -0.05) is 31.5 Å². The molecule has 2 amide bonds. The monoisotopic (exact) mass is 334 g/mol. The Balaban J connectivity index is 1.78.